The molecule has 188 valence electrons. The van der Waals surface area contributed by atoms with Gasteiger partial charge in [-0.15, -0.1) is 0 Å². The summed E-state index contributed by atoms with van der Waals surface area (Å²) in [4.78, 5) is 51.2. The molecule has 0 aromatic carbocycles. The van der Waals surface area contributed by atoms with Crippen molar-refractivity contribution in [3.63, 3.8) is 0 Å². The van der Waals surface area contributed by atoms with Crippen molar-refractivity contribution >= 4 is 24.2 Å². The fourth-order valence-electron chi connectivity index (χ4n) is 3.55. The molecule has 3 N–H and O–H groups in total. The highest BCUT2D eigenvalue weighted by atomic mass is 16.6. The fraction of sp³-hybridized carbons (Fsp3) is 0.727. The van der Waals surface area contributed by atoms with E-state index in [9.17, 15) is 29.4 Å². The number of aliphatic carboxylic acids is 1. The fourth-order valence-corrected chi connectivity index (χ4v) is 3.55. The zero-order chi connectivity index (χ0) is 25.6. The van der Waals surface area contributed by atoms with Crippen LogP contribution < -0.4 is 5.32 Å². The third-order valence-electron chi connectivity index (χ3n) is 4.89. The molecule has 0 aromatic heterocycles. The predicted molar refractivity (Wildman–Crippen MR) is 120 cm³/mol. The molecule has 1 fully saturated rings. The van der Waals surface area contributed by atoms with E-state index in [-0.39, 0.29) is 32.5 Å². The second-order valence-electron chi connectivity index (χ2n) is 9.96. The zero-order valence-electron chi connectivity index (χ0n) is 20.5. The van der Waals surface area contributed by atoms with Crippen LogP contribution in [0.15, 0.2) is 12.2 Å². The molecule has 0 aromatic rings. The van der Waals surface area contributed by atoms with Crippen molar-refractivity contribution in [2.45, 2.75) is 84.1 Å². The van der Waals surface area contributed by atoms with Gasteiger partial charge in [-0.2, -0.15) is 0 Å². The van der Waals surface area contributed by atoms with Crippen LogP contribution in [0.2, 0.25) is 0 Å². The summed E-state index contributed by atoms with van der Waals surface area (Å²) in [5.41, 5.74) is -3.24. The van der Waals surface area contributed by atoms with Gasteiger partial charge in [0.05, 0.1) is 6.04 Å². The van der Waals surface area contributed by atoms with Crippen molar-refractivity contribution in [2.75, 3.05) is 19.6 Å². The highest BCUT2D eigenvalue weighted by molar-refractivity contribution is 5.85. The number of rotatable bonds is 7. The third-order valence-corrected chi connectivity index (χ3v) is 4.89. The lowest BCUT2D eigenvalue weighted by atomic mass is 9.90. The lowest BCUT2D eigenvalue weighted by Crippen LogP contribution is -2.52. The number of nitrogens with zero attached hydrogens (tertiary/aromatic N) is 2. The van der Waals surface area contributed by atoms with Crippen molar-refractivity contribution in [2.24, 2.45) is 0 Å². The summed E-state index contributed by atoms with van der Waals surface area (Å²) in [6.07, 6.45) is 0.294. The summed E-state index contributed by atoms with van der Waals surface area (Å²) in [5, 5.41) is 22.2. The number of ether oxygens (including phenoxy) is 2. The van der Waals surface area contributed by atoms with Crippen molar-refractivity contribution in [1.82, 2.24) is 15.1 Å². The van der Waals surface area contributed by atoms with Crippen LogP contribution in [0.3, 0.4) is 0 Å². The van der Waals surface area contributed by atoms with E-state index < -0.39 is 47.0 Å². The molecule has 1 saturated heterocycles. The molecule has 1 aliphatic rings. The van der Waals surface area contributed by atoms with Crippen LogP contribution in [-0.2, 0) is 14.3 Å². The first kappa shape index (κ1) is 28.1. The molecule has 2 atom stereocenters. The molecule has 11 nitrogen and oxygen atoms in total. The summed E-state index contributed by atoms with van der Waals surface area (Å²) < 4.78 is 10.7. The maximum Gasteiger partial charge on any atom is 0.410 e. The number of allylic oxidation sites excluding steroid dienone is 1. The summed E-state index contributed by atoms with van der Waals surface area (Å²) in [7, 11) is 0. The molecule has 33 heavy (non-hydrogen) atoms. The van der Waals surface area contributed by atoms with E-state index >= 15 is 0 Å². The molecule has 3 amide bonds. The van der Waals surface area contributed by atoms with Gasteiger partial charge in [0.15, 0.2) is 0 Å². The van der Waals surface area contributed by atoms with Crippen LogP contribution in [0.5, 0.6) is 0 Å². The number of carbonyl (C=O) groups excluding carboxylic acids is 2. The van der Waals surface area contributed by atoms with Crippen LogP contribution >= 0.6 is 0 Å². The number of carboxylic acid groups (broad SMARTS) is 2. The first-order valence-electron chi connectivity index (χ1n) is 10.8. The number of carboxylic acids is 1. The average Bonchev–Trinajstić information content (AvgIpc) is 3.01. The molecule has 1 heterocycles. The Bertz CT molecular complexity index is 769. The van der Waals surface area contributed by atoms with Gasteiger partial charge in [0.25, 0.3) is 0 Å². The Morgan fingerprint density at radius 1 is 1.09 bits per heavy atom. The highest BCUT2D eigenvalue weighted by Crippen LogP contribution is 2.36. The van der Waals surface area contributed by atoms with Crippen LogP contribution in [0.4, 0.5) is 14.4 Å². The van der Waals surface area contributed by atoms with Crippen molar-refractivity contribution in [3.05, 3.63) is 12.2 Å². The van der Waals surface area contributed by atoms with E-state index in [2.05, 4.69) is 5.32 Å². The highest BCUT2D eigenvalue weighted by Gasteiger charge is 2.55. The Morgan fingerprint density at radius 3 is 2.12 bits per heavy atom. The summed E-state index contributed by atoms with van der Waals surface area (Å²) in [6, 6.07) is -0.766. The zero-order valence-corrected chi connectivity index (χ0v) is 20.5. The minimum absolute atomic E-state index is 0.00661. The smallest absolute Gasteiger partial charge is 0.410 e. The predicted octanol–water partition coefficient (Wildman–Crippen LogP) is 3.29. The van der Waals surface area contributed by atoms with Crippen LogP contribution in [0, 0.1) is 0 Å². The third kappa shape index (κ3) is 8.14. The van der Waals surface area contributed by atoms with Crippen LogP contribution in [0.1, 0.15) is 61.3 Å². The normalized spacial score (nSPS) is 21.1. The van der Waals surface area contributed by atoms with E-state index in [4.69, 9.17) is 9.47 Å². The quantitative estimate of drug-likeness (QED) is 0.480. The molecular formula is C22H37N3O8. The maximum absolute atomic E-state index is 13.0. The monoisotopic (exact) mass is 471 g/mol. The second-order valence-corrected chi connectivity index (χ2v) is 9.96. The van der Waals surface area contributed by atoms with Gasteiger partial charge in [-0.25, -0.2) is 19.2 Å². The standard InChI is InChI=1S/C22H37N3O8/c1-8-9-10-22(16(26)27)13-15(14-25(22)18(29)30)24(19(31)33-21(5,6)7)12-11-23-17(28)32-20(2,3)4/h8-9,15H,10-14H2,1-7H3,(H,23,28)(H,26,27)(H,29,30)/t15-,22?/m1/s1. The van der Waals surface area contributed by atoms with E-state index in [1.54, 1.807) is 60.6 Å². The Kier molecular flexibility index (Phi) is 9.15. The number of carbonyl (C=O) groups is 4. The minimum atomic E-state index is -1.72. The maximum atomic E-state index is 13.0. The molecule has 0 aliphatic carbocycles. The molecule has 11 heteroatoms. The number of nitrogens with one attached hydrogen (secondary N) is 1. The van der Waals surface area contributed by atoms with Crippen molar-refractivity contribution < 1.29 is 38.9 Å². The SMILES string of the molecule is CC=CCC1(C(=O)O)C[C@@H](N(CCNC(=O)OC(C)(C)C)C(=O)OC(C)(C)C)CN1C(=O)O. The van der Waals surface area contributed by atoms with Crippen LogP contribution in [-0.4, -0.2) is 86.7 Å². The van der Waals surface area contributed by atoms with Gasteiger partial charge in [0, 0.05) is 26.1 Å². The van der Waals surface area contributed by atoms with E-state index in [1.165, 1.54) is 4.90 Å². The topological polar surface area (TPSA) is 146 Å². The molecule has 1 rings (SSSR count). The largest absolute Gasteiger partial charge is 0.479 e. The van der Waals surface area contributed by atoms with Crippen molar-refractivity contribution in [3.8, 4) is 0 Å². The molecule has 1 aliphatic heterocycles. The number of hydrogen-bond donors (Lipinski definition) is 3. The van der Waals surface area contributed by atoms with Gasteiger partial charge in [0.2, 0.25) is 0 Å². The lowest BCUT2D eigenvalue weighted by molar-refractivity contribution is -0.148. The average molecular weight is 472 g/mol. The first-order valence-corrected chi connectivity index (χ1v) is 10.8. The second kappa shape index (κ2) is 10.8. The van der Waals surface area contributed by atoms with E-state index in [1.807, 2.05) is 0 Å². The van der Waals surface area contributed by atoms with Gasteiger partial charge in [0.1, 0.15) is 16.7 Å². The molecule has 0 spiro atoms. The van der Waals surface area contributed by atoms with E-state index in [0.29, 0.717) is 0 Å². The number of likely N-dealkylation sites (tertiary alicyclic amines) is 1. The molecule has 0 bridgehead atoms. The van der Waals surface area contributed by atoms with E-state index in [0.717, 1.165) is 4.90 Å². The lowest BCUT2D eigenvalue weighted by Gasteiger charge is -2.32. The Hall–Kier alpha value is -2.98. The van der Waals surface area contributed by atoms with Gasteiger partial charge >= 0.3 is 24.2 Å². The minimum Gasteiger partial charge on any atom is -0.479 e. The first-order chi connectivity index (χ1) is 15.0. The van der Waals surface area contributed by atoms with Gasteiger partial charge in [-0.3, -0.25) is 4.90 Å². The van der Waals surface area contributed by atoms with Gasteiger partial charge in [-0.05, 0) is 54.9 Å². The van der Waals surface area contributed by atoms with Gasteiger partial charge < -0.3 is 29.9 Å². The Labute approximate surface area is 194 Å². The van der Waals surface area contributed by atoms with Gasteiger partial charge in [-0.1, -0.05) is 12.2 Å². The number of alkyl carbamates (subject to hydrolysis) is 1. The molecule has 0 radical (unpaired) electrons. The number of amides is 3. The molecular weight excluding hydrogens is 434 g/mol. The summed E-state index contributed by atoms with van der Waals surface area (Å²) in [6.45, 7) is 11.7. The Balaban J connectivity index is 3.16. The summed E-state index contributed by atoms with van der Waals surface area (Å²) >= 11 is 0. The summed E-state index contributed by atoms with van der Waals surface area (Å²) in [5.74, 6) is -1.29. The van der Waals surface area contributed by atoms with Crippen LogP contribution in [0.25, 0.3) is 0 Å². The molecule has 1 unspecified atom stereocenters. The van der Waals surface area contributed by atoms with Crippen molar-refractivity contribution in [1.29, 1.82) is 0 Å². The Morgan fingerprint density at radius 2 is 1.67 bits per heavy atom. The number of hydrogen-bond acceptors (Lipinski definition) is 6. The molecule has 0 saturated carbocycles.